The molecule has 0 nitrogen and oxygen atoms in total. The fourth-order valence-electron chi connectivity index (χ4n) is 6.97. The maximum absolute atomic E-state index is 2.48. The molecule has 0 bridgehead atoms. The summed E-state index contributed by atoms with van der Waals surface area (Å²) in [6.45, 7) is 8.93. The second-order valence-corrected chi connectivity index (χ2v) is 18.8. The van der Waals surface area contributed by atoms with Gasteiger partial charge in [-0.15, -0.1) is 68.0 Å². The van der Waals surface area contributed by atoms with Crippen LogP contribution in [-0.4, -0.2) is 0 Å². The van der Waals surface area contributed by atoms with Gasteiger partial charge in [0, 0.05) is 79.4 Å². The second-order valence-electron chi connectivity index (χ2n) is 11.9. The zero-order valence-electron chi connectivity index (χ0n) is 24.4. The summed E-state index contributed by atoms with van der Waals surface area (Å²) in [5.41, 5.74) is 2.66. The zero-order valence-corrected chi connectivity index (χ0v) is 29.3. The van der Waals surface area contributed by atoms with Crippen molar-refractivity contribution >= 4 is 130 Å². The largest absolute Gasteiger partial charge is 0.140 e. The lowest BCUT2D eigenvalue weighted by molar-refractivity contribution is 1.53. The van der Waals surface area contributed by atoms with Crippen molar-refractivity contribution < 1.29 is 0 Å². The minimum atomic E-state index is 1.33. The first-order chi connectivity index (χ1) is 21.4. The number of benzene rings is 4. The van der Waals surface area contributed by atoms with Crippen LogP contribution in [0.25, 0.3) is 91.2 Å². The summed E-state index contributed by atoms with van der Waals surface area (Å²) in [5, 5.41) is 11.3. The summed E-state index contributed by atoms with van der Waals surface area (Å²) >= 11 is 11.6. The standard InChI is InChI=1S/C38H24S6/c1-17-9-21-23-14-31(27-6-5-19(3)39-27)43-37(23)25-11-18(2)10-22-24-15-32(44-38(24)26(12-17)35(21)36(22)25)28-7-8-29(41-28)33-16-34-30(42-33)13-20(4)40-34/h5-16H,1-4H3. The molecule has 0 spiro atoms. The highest BCUT2D eigenvalue weighted by molar-refractivity contribution is 7.32. The summed E-state index contributed by atoms with van der Waals surface area (Å²) in [7, 11) is 0. The van der Waals surface area contributed by atoms with Crippen molar-refractivity contribution in [3.05, 3.63) is 93.7 Å². The lowest BCUT2D eigenvalue weighted by atomic mass is 9.88. The molecule has 0 fully saturated rings. The summed E-state index contributed by atoms with van der Waals surface area (Å²) in [6.07, 6.45) is 0. The van der Waals surface area contributed by atoms with Crippen molar-refractivity contribution in [1.29, 1.82) is 0 Å². The molecule has 0 aliphatic heterocycles. The predicted octanol–water partition coefficient (Wildman–Crippen LogP) is 14.6. The lowest BCUT2D eigenvalue weighted by Gasteiger charge is -2.15. The van der Waals surface area contributed by atoms with Crippen LogP contribution in [0.1, 0.15) is 20.9 Å². The molecular weight excluding hydrogens is 649 g/mol. The SMILES string of the molecule is Cc1cc2c3cc(-c4ccc(-c5cc6sc(C)cc6s5)s4)sc3c3cc(C)cc4c5cc(-c6ccc(C)s6)sc5c(c1)c2c43. The van der Waals surface area contributed by atoms with Crippen molar-refractivity contribution in [3.8, 4) is 29.3 Å². The van der Waals surface area contributed by atoms with Gasteiger partial charge >= 0.3 is 0 Å². The van der Waals surface area contributed by atoms with Crippen LogP contribution in [0.2, 0.25) is 0 Å². The molecule has 0 atom stereocenters. The fraction of sp³-hybridized carbons (Fsp3) is 0.105. The maximum Gasteiger partial charge on any atom is 0.0463 e. The first-order valence-electron chi connectivity index (χ1n) is 14.6. The molecule has 6 heteroatoms. The minimum absolute atomic E-state index is 1.33. The number of thiophene rings is 6. The zero-order chi connectivity index (χ0) is 29.4. The molecule has 0 amide bonds. The Morgan fingerprint density at radius 2 is 0.841 bits per heavy atom. The first-order valence-corrected chi connectivity index (χ1v) is 19.5. The van der Waals surface area contributed by atoms with Crippen molar-refractivity contribution in [2.45, 2.75) is 27.7 Å². The monoisotopic (exact) mass is 672 g/mol. The highest BCUT2D eigenvalue weighted by atomic mass is 32.1. The third-order valence-corrected chi connectivity index (χ3v) is 16.0. The molecule has 44 heavy (non-hydrogen) atoms. The minimum Gasteiger partial charge on any atom is -0.140 e. The van der Waals surface area contributed by atoms with Crippen LogP contribution < -0.4 is 0 Å². The second kappa shape index (κ2) is 9.23. The number of hydrogen-bond donors (Lipinski definition) is 0. The molecule has 212 valence electrons. The van der Waals surface area contributed by atoms with E-state index in [9.17, 15) is 0 Å². The van der Waals surface area contributed by atoms with E-state index in [2.05, 4.69) is 100 Å². The number of aryl methyl sites for hydroxylation is 4. The van der Waals surface area contributed by atoms with E-state index in [4.69, 9.17) is 0 Å². The summed E-state index contributed by atoms with van der Waals surface area (Å²) < 4.78 is 5.65. The third kappa shape index (κ3) is 3.70. The van der Waals surface area contributed by atoms with Gasteiger partial charge < -0.3 is 0 Å². The molecule has 0 radical (unpaired) electrons. The van der Waals surface area contributed by atoms with Gasteiger partial charge in [0.2, 0.25) is 0 Å². The molecular formula is C38H24S6. The molecule has 0 saturated heterocycles. The van der Waals surface area contributed by atoms with Gasteiger partial charge in [-0.25, -0.2) is 0 Å². The van der Waals surface area contributed by atoms with Crippen molar-refractivity contribution in [1.82, 2.24) is 0 Å². The van der Waals surface area contributed by atoms with E-state index in [-0.39, 0.29) is 0 Å². The predicted molar refractivity (Wildman–Crippen MR) is 205 cm³/mol. The van der Waals surface area contributed by atoms with Crippen LogP contribution in [0.3, 0.4) is 0 Å². The molecule has 6 heterocycles. The van der Waals surface area contributed by atoms with E-state index in [1.165, 1.54) is 112 Å². The Hall–Kier alpha value is -3.10. The Bertz CT molecular complexity index is 2620. The Morgan fingerprint density at radius 1 is 0.341 bits per heavy atom. The molecule has 0 aliphatic rings. The highest BCUT2D eigenvalue weighted by Crippen LogP contribution is 2.52. The highest BCUT2D eigenvalue weighted by Gasteiger charge is 2.22. The summed E-state index contributed by atoms with van der Waals surface area (Å²) in [6, 6.07) is 28.6. The van der Waals surface area contributed by atoms with Crippen LogP contribution >= 0.6 is 68.0 Å². The van der Waals surface area contributed by atoms with Crippen LogP contribution in [0.4, 0.5) is 0 Å². The van der Waals surface area contributed by atoms with E-state index in [1.54, 1.807) is 0 Å². The van der Waals surface area contributed by atoms with Crippen LogP contribution in [0.15, 0.2) is 72.8 Å². The fourth-order valence-corrected chi connectivity index (χ4v) is 13.8. The van der Waals surface area contributed by atoms with Crippen LogP contribution in [-0.2, 0) is 0 Å². The first kappa shape index (κ1) is 26.1. The molecule has 10 aromatic rings. The van der Waals surface area contributed by atoms with Gasteiger partial charge in [-0.3, -0.25) is 0 Å². The Morgan fingerprint density at radius 3 is 1.39 bits per heavy atom. The quantitative estimate of drug-likeness (QED) is 0.164. The van der Waals surface area contributed by atoms with Gasteiger partial charge in [0.05, 0.1) is 0 Å². The van der Waals surface area contributed by atoms with E-state index in [1.807, 2.05) is 68.0 Å². The van der Waals surface area contributed by atoms with Crippen LogP contribution in [0.5, 0.6) is 0 Å². The van der Waals surface area contributed by atoms with Gasteiger partial charge in [0.15, 0.2) is 0 Å². The van der Waals surface area contributed by atoms with E-state index < -0.39 is 0 Å². The van der Waals surface area contributed by atoms with Gasteiger partial charge in [-0.2, -0.15) is 0 Å². The number of hydrogen-bond acceptors (Lipinski definition) is 6. The van der Waals surface area contributed by atoms with E-state index >= 15 is 0 Å². The average molecular weight is 673 g/mol. The summed E-state index contributed by atoms with van der Waals surface area (Å²) in [5.74, 6) is 0. The Labute approximate surface area is 278 Å². The van der Waals surface area contributed by atoms with Crippen molar-refractivity contribution in [3.63, 3.8) is 0 Å². The van der Waals surface area contributed by atoms with Gasteiger partial charge in [-0.05, 0) is 121 Å². The molecule has 4 aromatic carbocycles. The lowest BCUT2D eigenvalue weighted by Crippen LogP contribution is -1.88. The molecule has 0 aliphatic carbocycles. The van der Waals surface area contributed by atoms with Crippen molar-refractivity contribution in [2.75, 3.05) is 0 Å². The van der Waals surface area contributed by atoms with Crippen molar-refractivity contribution in [2.24, 2.45) is 0 Å². The molecule has 6 aromatic heterocycles. The molecule has 0 saturated carbocycles. The smallest absolute Gasteiger partial charge is 0.0463 e. The maximum atomic E-state index is 2.48. The molecule has 0 N–H and O–H groups in total. The van der Waals surface area contributed by atoms with Gasteiger partial charge in [0.25, 0.3) is 0 Å². The summed E-state index contributed by atoms with van der Waals surface area (Å²) in [4.78, 5) is 11.0. The number of fused-ring (bicyclic) bond motifs is 7. The van der Waals surface area contributed by atoms with E-state index in [0.717, 1.165) is 0 Å². The third-order valence-electron chi connectivity index (χ3n) is 8.75. The average Bonchev–Trinajstić information content (AvgIpc) is 3.81. The number of rotatable bonds is 3. The Kier molecular flexibility index (Phi) is 5.48. The van der Waals surface area contributed by atoms with Gasteiger partial charge in [0.1, 0.15) is 0 Å². The molecule has 10 rings (SSSR count). The van der Waals surface area contributed by atoms with Crippen LogP contribution in [0, 0.1) is 27.7 Å². The van der Waals surface area contributed by atoms with Gasteiger partial charge in [-0.1, -0.05) is 12.1 Å². The van der Waals surface area contributed by atoms with E-state index in [0.29, 0.717) is 0 Å². The topological polar surface area (TPSA) is 0 Å². The Balaban J connectivity index is 1.24. The molecule has 0 unspecified atom stereocenters. The normalized spacial score (nSPS) is 12.5.